The number of aliphatic imine (C=N–C) groups is 1. The van der Waals surface area contributed by atoms with E-state index in [1.54, 1.807) is 0 Å². The van der Waals surface area contributed by atoms with Crippen LogP contribution in [0.3, 0.4) is 0 Å². The summed E-state index contributed by atoms with van der Waals surface area (Å²) in [5.74, 6) is 1.37. The van der Waals surface area contributed by atoms with Crippen LogP contribution in [0.2, 0.25) is 0 Å². The summed E-state index contributed by atoms with van der Waals surface area (Å²) in [7, 11) is 0. The van der Waals surface area contributed by atoms with Gasteiger partial charge in [0.25, 0.3) is 0 Å². The third kappa shape index (κ3) is 5.01. The predicted octanol–water partition coefficient (Wildman–Crippen LogP) is 1.96. The van der Waals surface area contributed by atoms with Gasteiger partial charge in [0.15, 0.2) is 5.96 Å². The monoisotopic (exact) mass is 266 g/mol. The second-order valence-electron chi connectivity index (χ2n) is 6.16. The first-order chi connectivity index (χ1) is 9.28. The smallest absolute Gasteiger partial charge is 0.188 e. The van der Waals surface area contributed by atoms with Gasteiger partial charge in [-0.1, -0.05) is 26.2 Å². The molecule has 19 heavy (non-hydrogen) atoms. The van der Waals surface area contributed by atoms with Crippen LogP contribution in [-0.4, -0.2) is 43.1 Å². The fraction of sp³-hybridized carbons (Fsp3) is 0.933. The maximum atomic E-state index is 6.00. The minimum Gasteiger partial charge on any atom is -0.370 e. The lowest BCUT2D eigenvalue weighted by Gasteiger charge is -2.23. The molecule has 1 saturated heterocycles. The molecule has 0 bridgehead atoms. The lowest BCUT2D eigenvalue weighted by Crippen LogP contribution is -2.41. The van der Waals surface area contributed by atoms with Gasteiger partial charge in [0.2, 0.25) is 0 Å². The van der Waals surface area contributed by atoms with Crippen LogP contribution < -0.4 is 11.1 Å². The molecule has 2 rings (SSSR count). The van der Waals surface area contributed by atoms with E-state index in [2.05, 4.69) is 22.1 Å². The third-order valence-corrected chi connectivity index (χ3v) is 4.39. The van der Waals surface area contributed by atoms with E-state index in [4.69, 9.17) is 5.73 Å². The van der Waals surface area contributed by atoms with Gasteiger partial charge in [-0.3, -0.25) is 4.99 Å². The molecular formula is C15H30N4. The fourth-order valence-corrected chi connectivity index (χ4v) is 3.31. The Bertz CT molecular complexity index is 284. The van der Waals surface area contributed by atoms with E-state index in [-0.39, 0.29) is 0 Å². The molecule has 0 aromatic heterocycles. The Balaban J connectivity index is 1.66. The average molecular weight is 266 g/mol. The first-order valence-electron chi connectivity index (χ1n) is 8.06. The van der Waals surface area contributed by atoms with Crippen LogP contribution in [0.4, 0.5) is 0 Å². The molecule has 0 spiro atoms. The molecule has 1 heterocycles. The number of rotatable bonds is 5. The quantitative estimate of drug-likeness (QED) is 0.591. The van der Waals surface area contributed by atoms with E-state index in [0.717, 1.165) is 6.54 Å². The Morgan fingerprint density at radius 3 is 2.79 bits per heavy atom. The number of hydrogen-bond donors (Lipinski definition) is 2. The maximum absolute atomic E-state index is 6.00. The Morgan fingerprint density at radius 2 is 2.05 bits per heavy atom. The molecule has 3 N–H and O–H groups in total. The zero-order valence-corrected chi connectivity index (χ0v) is 12.4. The van der Waals surface area contributed by atoms with Crippen LogP contribution in [0, 0.1) is 5.92 Å². The van der Waals surface area contributed by atoms with E-state index in [9.17, 15) is 0 Å². The topological polar surface area (TPSA) is 53.6 Å². The van der Waals surface area contributed by atoms with Gasteiger partial charge in [0.05, 0.1) is 0 Å². The van der Waals surface area contributed by atoms with Gasteiger partial charge in [0.1, 0.15) is 0 Å². The van der Waals surface area contributed by atoms with Gasteiger partial charge < -0.3 is 16.0 Å². The molecule has 1 unspecified atom stereocenters. The molecule has 1 saturated carbocycles. The summed E-state index contributed by atoms with van der Waals surface area (Å²) in [5, 5.41) is 3.39. The summed E-state index contributed by atoms with van der Waals surface area (Å²) in [6.45, 7) is 6.82. The van der Waals surface area contributed by atoms with E-state index in [1.165, 1.54) is 64.6 Å². The standard InChI is InChI=1S/C15H30N4/c1-2-9-19-10-8-13(12-19)11-17-15(16)18-14-6-4-3-5-7-14/h13-14H,2-12H2,1H3,(H3,16,17,18). The van der Waals surface area contributed by atoms with Crippen molar-refractivity contribution in [2.75, 3.05) is 26.2 Å². The average Bonchev–Trinajstić information content (AvgIpc) is 2.86. The van der Waals surface area contributed by atoms with Crippen LogP contribution in [0.15, 0.2) is 4.99 Å². The van der Waals surface area contributed by atoms with Gasteiger partial charge in [0, 0.05) is 19.1 Å². The third-order valence-electron chi connectivity index (χ3n) is 4.39. The lowest BCUT2D eigenvalue weighted by atomic mass is 9.96. The molecule has 0 aromatic carbocycles. The molecule has 4 nitrogen and oxygen atoms in total. The summed E-state index contributed by atoms with van der Waals surface area (Å²) in [6, 6.07) is 0.567. The van der Waals surface area contributed by atoms with Crippen molar-refractivity contribution >= 4 is 5.96 Å². The van der Waals surface area contributed by atoms with E-state index < -0.39 is 0 Å². The minimum absolute atomic E-state index is 0.567. The van der Waals surface area contributed by atoms with E-state index in [1.807, 2.05) is 0 Å². The van der Waals surface area contributed by atoms with Crippen molar-refractivity contribution in [3.8, 4) is 0 Å². The molecule has 2 fully saturated rings. The number of hydrogen-bond acceptors (Lipinski definition) is 2. The highest BCUT2D eigenvalue weighted by atomic mass is 15.2. The highest BCUT2D eigenvalue weighted by Gasteiger charge is 2.21. The summed E-state index contributed by atoms with van der Waals surface area (Å²) < 4.78 is 0. The zero-order valence-electron chi connectivity index (χ0n) is 12.4. The van der Waals surface area contributed by atoms with Crippen molar-refractivity contribution in [1.29, 1.82) is 0 Å². The van der Waals surface area contributed by atoms with Crippen LogP contribution in [0.1, 0.15) is 51.9 Å². The SMILES string of the molecule is CCCN1CCC(CN=C(N)NC2CCCCC2)C1. The lowest BCUT2D eigenvalue weighted by molar-refractivity contribution is 0.326. The molecular weight excluding hydrogens is 236 g/mol. The number of likely N-dealkylation sites (tertiary alicyclic amines) is 1. The molecule has 1 aliphatic heterocycles. The van der Waals surface area contributed by atoms with Crippen LogP contribution in [0.5, 0.6) is 0 Å². The second-order valence-corrected chi connectivity index (χ2v) is 6.16. The summed E-state index contributed by atoms with van der Waals surface area (Å²) in [5.41, 5.74) is 6.00. The first-order valence-corrected chi connectivity index (χ1v) is 8.06. The largest absolute Gasteiger partial charge is 0.370 e. The Kier molecular flexibility index (Phi) is 5.95. The fourth-order valence-electron chi connectivity index (χ4n) is 3.31. The Labute approximate surface area is 117 Å². The molecule has 4 heteroatoms. The number of nitrogens with zero attached hydrogens (tertiary/aromatic N) is 2. The summed E-state index contributed by atoms with van der Waals surface area (Å²) in [4.78, 5) is 7.10. The molecule has 2 aliphatic rings. The van der Waals surface area contributed by atoms with Crippen molar-refractivity contribution < 1.29 is 0 Å². The molecule has 110 valence electrons. The Morgan fingerprint density at radius 1 is 1.26 bits per heavy atom. The van der Waals surface area contributed by atoms with Crippen molar-refractivity contribution in [2.24, 2.45) is 16.6 Å². The maximum Gasteiger partial charge on any atom is 0.188 e. The predicted molar refractivity (Wildman–Crippen MR) is 81.3 cm³/mol. The number of guanidine groups is 1. The van der Waals surface area contributed by atoms with Crippen LogP contribution in [0.25, 0.3) is 0 Å². The minimum atomic E-state index is 0.567. The van der Waals surface area contributed by atoms with Gasteiger partial charge in [-0.25, -0.2) is 0 Å². The van der Waals surface area contributed by atoms with Gasteiger partial charge in [-0.15, -0.1) is 0 Å². The van der Waals surface area contributed by atoms with Crippen LogP contribution >= 0.6 is 0 Å². The van der Waals surface area contributed by atoms with Gasteiger partial charge in [-0.2, -0.15) is 0 Å². The molecule has 0 radical (unpaired) electrons. The first kappa shape index (κ1) is 14.6. The Hall–Kier alpha value is -0.770. The molecule has 1 atom stereocenters. The highest BCUT2D eigenvalue weighted by molar-refractivity contribution is 5.78. The molecule has 1 aliphatic carbocycles. The highest BCUT2D eigenvalue weighted by Crippen LogP contribution is 2.18. The van der Waals surface area contributed by atoms with Crippen molar-refractivity contribution in [1.82, 2.24) is 10.2 Å². The van der Waals surface area contributed by atoms with Crippen molar-refractivity contribution in [2.45, 2.75) is 57.9 Å². The van der Waals surface area contributed by atoms with Gasteiger partial charge in [-0.05, 0) is 44.7 Å². The normalized spacial score (nSPS) is 26.8. The van der Waals surface area contributed by atoms with E-state index in [0.29, 0.717) is 17.9 Å². The molecule has 0 amide bonds. The zero-order chi connectivity index (χ0) is 13.5. The number of nitrogens with two attached hydrogens (primary N) is 1. The second kappa shape index (κ2) is 7.73. The number of nitrogens with one attached hydrogen (secondary N) is 1. The van der Waals surface area contributed by atoms with E-state index >= 15 is 0 Å². The molecule has 0 aromatic rings. The summed E-state index contributed by atoms with van der Waals surface area (Å²) in [6.07, 6.45) is 9.08. The van der Waals surface area contributed by atoms with Gasteiger partial charge >= 0.3 is 0 Å². The summed E-state index contributed by atoms with van der Waals surface area (Å²) >= 11 is 0. The van der Waals surface area contributed by atoms with Crippen LogP contribution in [-0.2, 0) is 0 Å². The van der Waals surface area contributed by atoms with Crippen molar-refractivity contribution in [3.05, 3.63) is 0 Å². The van der Waals surface area contributed by atoms with Crippen molar-refractivity contribution in [3.63, 3.8) is 0 Å².